The van der Waals surface area contributed by atoms with Crippen LogP contribution < -0.4 is 11.1 Å². The molecule has 0 unspecified atom stereocenters. The maximum Gasteiger partial charge on any atom is 0.101 e. The molecule has 0 aliphatic heterocycles. The Morgan fingerprint density at radius 3 is 2.59 bits per heavy atom. The highest BCUT2D eigenvalue weighted by Gasteiger charge is 2.03. The molecule has 3 heteroatoms. The van der Waals surface area contributed by atoms with Crippen LogP contribution in [-0.4, -0.2) is 0 Å². The van der Waals surface area contributed by atoms with Crippen molar-refractivity contribution in [1.82, 2.24) is 0 Å². The van der Waals surface area contributed by atoms with Gasteiger partial charge in [0.15, 0.2) is 0 Å². The minimum absolute atomic E-state index is 0.628. The summed E-state index contributed by atoms with van der Waals surface area (Å²) in [7, 11) is 0. The van der Waals surface area contributed by atoms with Gasteiger partial charge in [-0.2, -0.15) is 5.26 Å². The first kappa shape index (κ1) is 11.0. The number of nitrogen functional groups attached to an aromatic ring is 1. The number of nitriles is 1. The molecule has 0 radical (unpaired) electrons. The number of nitrogens with two attached hydrogens (primary N) is 1. The lowest BCUT2D eigenvalue weighted by molar-refractivity contribution is 1.41. The van der Waals surface area contributed by atoms with Gasteiger partial charge in [0.25, 0.3) is 0 Å². The normalized spacial score (nSPS) is 9.65. The Morgan fingerprint density at radius 1 is 1.12 bits per heavy atom. The average Bonchev–Trinajstić information content (AvgIpc) is 2.33. The molecule has 0 heterocycles. The summed E-state index contributed by atoms with van der Waals surface area (Å²) in [6.45, 7) is 1.98. The van der Waals surface area contributed by atoms with Gasteiger partial charge in [0.2, 0.25) is 0 Å². The molecule has 2 aromatic rings. The monoisotopic (exact) mass is 223 g/mol. The molecule has 3 nitrogen and oxygen atoms in total. The maximum absolute atomic E-state index is 9.00. The zero-order valence-corrected chi connectivity index (χ0v) is 9.57. The number of hydrogen-bond donors (Lipinski definition) is 2. The van der Waals surface area contributed by atoms with Crippen LogP contribution >= 0.6 is 0 Å². The van der Waals surface area contributed by atoms with Gasteiger partial charge in [-0.25, -0.2) is 0 Å². The first-order valence-electron chi connectivity index (χ1n) is 5.33. The summed E-state index contributed by atoms with van der Waals surface area (Å²) in [4.78, 5) is 0. The molecule has 0 fully saturated rings. The molecule has 17 heavy (non-hydrogen) atoms. The Hall–Kier alpha value is -2.47. The predicted molar refractivity (Wildman–Crippen MR) is 70.0 cm³/mol. The predicted octanol–water partition coefficient (Wildman–Crippen LogP) is 3.19. The van der Waals surface area contributed by atoms with E-state index in [0.29, 0.717) is 5.56 Å². The van der Waals surface area contributed by atoms with Crippen molar-refractivity contribution in [3.05, 3.63) is 53.6 Å². The van der Waals surface area contributed by atoms with Crippen molar-refractivity contribution in [3.8, 4) is 6.07 Å². The van der Waals surface area contributed by atoms with Crippen LogP contribution in [0.3, 0.4) is 0 Å². The number of para-hydroxylation sites is 1. The molecular formula is C14H13N3. The number of benzene rings is 2. The molecule has 0 amide bonds. The van der Waals surface area contributed by atoms with Crippen LogP contribution in [0.4, 0.5) is 17.1 Å². The highest BCUT2D eigenvalue weighted by atomic mass is 14.9. The largest absolute Gasteiger partial charge is 0.399 e. The van der Waals surface area contributed by atoms with Gasteiger partial charge in [0, 0.05) is 11.4 Å². The van der Waals surface area contributed by atoms with Gasteiger partial charge >= 0.3 is 0 Å². The summed E-state index contributed by atoms with van der Waals surface area (Å²) in [6.07, 6.45) is 0. The highest BCUT2D eigenvalue weighted by molar-refractivity contribution is 5.69. The molecule has 84 valence electrons. The maximum atomic E-state index is 9.00. The smallest absolute Gasteiger partial charge is 0.101 e. The van der Waals surface area contributed by atoms with E-state index < -0.39 is 0 Å². The summed E-state index contributed by atoms with van der Waals surface area (Å²) in [6, 6.07) is 15.2. The molecule has 0 saturated carbocycles. The fourth-order valence-corrected chi connectivity index (χ4v) is 1.66. The van der Waals surface area contributed by atoms with E-state index in [1.165, 1.54) is 0 Å². The van der Waals surface area contributed by atoms with Gasteiger partial charge in [-0.3, -0.25) is 0 Å². The number of nitrogens with one attached hydrogen (secondary N) is 1. The lowest BCUT2D eigenvalue weighted by atomic mass is 10.1. The van der Waals surface area contributed by atoms with Crippen LogP contribution in [0.1, 0.15) is 11.1 Å². The molecule has 0 atom stereocenters. The standard InChI is InChI=1S/C14H13N3/c1-10-8-12(16)6-7-13(10)17-14-5-3-2-4-11(14)9-15/h2-8,17H,16H2,1H3. The zero-order chi connectivity index (χ0) is 12.3. The highest BCUT2D eigenvalue weighted by Crippen LogP contribution is 2.24. The Bertz CT molecular complexity index is 582. The number of aryl methyl sites for hydroxylation is 1. The summed E-state index contributed by atoms with van der Waals surface area (Å²) < 4.78 is 0. The third kappa shape index (κ3) is 2.37. The molecule has 0 bridgehead atoms. The van der Waals surface area contributed by atoms with Crippen LogP contribution in [0, 0.1) is 18.3 Å². The second kappa shape index (κ2) is 4.58. The zero-order valence-electron chi connectivity index (χ0n) is 9.57. The fourth-order valence-electron chi connectivity index (χ4n) is 1.66. The van der Waals surface area contributed by atoms with Crippen molar-refractivity contribution in [1.29, 1.82) is 5.26 Å². The van der Waals surface area contributed by atoms with Crippen molar-refractivity contribution in [2.75, 3.05) is 11.1 Å². The van der Waals surface area contributed by atoms with E-state index in [1.807, 2.05) is 43.3 Å². The molecule has 2 aromatic carbocycles. The molecule has 0 aliphatic rings. The summed E-state index contributed by atoms with van der Waals surface area (Å²) in [5, 5.41) is 12.2. The minimum atomic E-state index is 0.628. The third-order valence-corrected chi connectivity index (χ3v) is 2.57. The number of nitrogens with zero attached hydrogens (tertiary/aromatic N) is 1. The van der Waals surface area contributed by atoms with Crippen LogP contribution in [-0.2, 0) is 0 Å². The minimum Gasteiger partial charge on any atom is -0.399 e. The van der Waals surface area contributed by atoms with Crippen LogP contribution in [0.5, 0.6) is 0 Å². The van der Waals surface area contributed by atoms with Gasteiger partial charge in [-0.05, 0) is 42.8 Å². The van der Waals surface area contributed by atoms with Crippen molar-refractivity contribution in [2.24, 2.45) is 0 Å². The SMILES string of the molecule is Cc1cc(N)ccc1Nc1ccccc1C#N. The van der Waals surface area contributed by atoms with Gasteiger partial charge in [-0.1, -0.05) is 12.1 Å². The van der Waals surface area contributed by atoms with Crippen LogP contribution in [0.2, 0.25) is 0 Å². The molecule has 3 N–H and O–H groups in total. The quantitative estimate of drug-likeness (QED) is 0.768. The van der Waals surface area contributed by atoms with Crippen molar-refractivity contribution >= 4 is 17.1 Å². The molecule has 0 aliphatic carbocycles. The lowest BCUT2D eigenvalue weighted by Crippen LogP contribution is -1.96. The van der Waals surface area contributed by atoms with E-state index in [2.05, 4.69) is 11.4 Å². The van der Waals surface area contributed by atoms with Crippen LogP contribution in [0.15, 0.2) is 42.5 Å². The van der Waals surface area contributed by atoms with Gasteiger partial charge < -0.3 is 11.1 Å². The van der Waals surface area contributed by atoms with Gasteiger partial charge in [0.1, 0.15) is 6.07 Å². The fraction of sp³-hybridized carbons (Fsp3) is 0.0714. The molecular weight excluding hydrogens is 210 g/mol. The van der Waals surface area contributed by atoms with Crippen molar-refractivity contribution in [2.45, 2.75) is 6.92 Å². The first-order chi connectivity index (χ1) is 8.20. The van der Waals surface area contributed by atoms with Gasteiger partial charge in [-0.15, -0.1) is 0 Å². The Morgan fingerprint density at radius 2 is 1.88 bits per heavy atom. The Labute approximate surface area is 101 Å². The Kier molecular flexibility index (Phi) is 2.97. The number of anilines is 3. The van der Waals surface area contributed by atoms with E-state index in [1.54, 1.807) is 6.07 Å². The second-order valence-corrected chi connectivity index (χ2v) is 3.86. The Balaban J connectivity index is 2.35. The average molecular weight is 223 g/mol. The van der Waals surface area contributed by atoms with E-state index in [4.69, 9.17) is 11.0 Å². The number of rotatable bonds is 2. The molecule has 0 saturated heterocycles. The van der Waals surface area contributed by atoms with Gasteiger partial charge in [0.05, 0.1) is 11.3 Å². The summed E-state index contributed by atoms with van der Waals surface area (Å²) in [5.41, 5.74) is 9.88. The molecule has 2 rings (SSSR count). The van der Waals surface area contributed by atoms with Crippen molar-refractivity contribution in [3.63, 3.8) is 0 Å². The summed E-state index contributed by atoms with van der Waals surface area (Å²) >= 11 is 0. The second-order valence-electron chi connectivity index (χ2n) is 3.86. The third-order valence-electron chi connectivity index (χ3n) is 2.57. The van der Waals surface area contributed by atoms with E-state index in [-0.39, 0.29) is 0 Å². The summed E-state index contributed by atoms with van der Waals surface area (Å²) in [5.74, 6) is 0. The molecule has 0 aromatic heterocycles. The topological polar surface area (TPSA) is 61.8 Å². The molecule has 0 spiro atoms. The first-order valence-corrected chi connectivity index (χ1v) is 5.33. The van der Waals surface area contributed by atoms with Crippen LogP contribution in [0.25, 0.3) is 0 Å². The number of hydrogen-bond acceptors (Lipinski definition) is 3. The van der Waals surface area contributed by atoms with Crippen molar-refractivity contribution < 1.29 is 0 Å². The lowest BCUT2D eigenvalue weighted by Gasteiger charge is -2.11. The van der Waals surface area contributed by atoms with E-state index in [9.17, 15) is 0 Å². The van der Waals surface area contributed by atoms with E-state index in [0.717, 1.165) is 22.6 Å². The van der Waals surface area contributed by atoms with E-state index >= 15 is 0 Å².